The standard InChI is InChI=1S/C22H26N6O3/c1-14(2)21(10-20(27-25)19(12-24)22(30)26-15(3)29)28-9-8-18(13-28)31-17-6-4-16(11-23)5-7-17/h4-7,10,12,18H,1,8-9,13,24-25H2,2-3H3,(H,26,29,30)/b19-12-,21-10+,27-20+. The van der Waals surface area contributed by atoms with E-state index in [-0.39, 0.29) is 17.4 Å². The van der Waals surface area contributed by atoms with Crippen LogP contribution < -0.4 is 21.6 Å². The topological polar surface area (TPSA) is 147 Å². The van der Waals surface area contributed by atoms with Gasteiger partial charge in [0.2, 0.25) is 5.91 Å². The Morgan fingerprint density at radius 2 is 2.03 bits per heavy atom. The maximum Gasteiger partial charge on any atom is 0.261 e. The summed E-state index contributed by atoms with van der Waals surface area (Å²) in [5.74, 6) is 4.97. The van der Waals surface area contributed by atoms with E-state index in [9.17, 15) is 9.59 Å². The fourth-order valence-corrected chi connectivity index (χ4v) is 3.15. The molecule has 0 radical (unpaired) electrons. The van der Waals surface area contributed by atoms with Crippen molar-refractivity contribution < 1.29 is 14.3 Å². The molecule has 9 nitrogen and oxygen atoms in total. The van der Waals surface area contributed by atoms with Crippen LogP contribution in [0.5, 0.6) is 5.75 Å². The summed E-state index contributed by atoms with van der Waals surface area (Å²) in [6.45, 7) is 8.34. The van der Waals surface area contributed by atoms with Crippen molar-refractivity contribution in [1.82, 2.24) is 10.2 Å². The van der Waals surface area contributed by atoms with Gasteiger partial charge in [-0.25, -0.2) is 0 Å². The summed E-state index contributed by atoms with van der Waals surface area (Å²) in [6.07, 6.45) is 3.37. The molecule has 1 saturated heterocycles. The highest BCUT2D eigenvalue weighted by Crippen LogP contribution is 2.24. The van der Waals surface area contributed by atoms with Crippen LogP contribution in [0.2, 0.25) is 0 Å². The van der Waals surface area contributed by atoms with Crippen LogP contribution in [0, 0.1) is 11.3 Å². The summed E-state index contributed by atoms with van der Waals surface area (Å²) < 4.78 is 6.02. The van der Waals surface area contributed by atoms with Gasteiger partial charge in [0.1, 0.15) is 11.9 Å². The number of hydrogen-bond donors (Lipinski definition) is 3. The first-order valence-corrected chi connectivity index (χ1v) is 9.60. The molecule has 0 spiro atoms. The number of carbonyl (C=O) groups is 2. The second kappa shape index (κ2) is 10.6. The molecule has 1 atom stereocenters. The molecule has 1 aromatic carbocycles. The number of benzene rings is 1. The summed E-state index contributed by atoms with van der Waals surface area (Å²) in [7, 11) is 0. The highest BCUT2D eigenvalue weighted by atomic mass is 16.5. The molecular formula is C22H26N6O3. The number of nitrogens with one attached hydrogen (secondary N) is 1. The normalized spacial score (nSPS) is 17.1. The van der Waals surface area contributed by atoms with Gasteiger partial charge in [-0.15, -0.1) is 0 Å². The van der Waals surface area contributed by atoms with Crippen molar-refractivity contribution in [2.45, 2.75) is 26.4 Å². The highest BCUT2D eigenvalue weighted by molar-refractivity contribution is 6.27. The van der Waals surface area contributed by atoms with E-state index in [4.69, 9.17) is 21.6 Å². The van der Waals surface area contributed by atoms with Gasteiger partial charge in [-0.2, -0.15) is 10.4 Å². The van der Waals surface area contributed by atoms with Gasteiger partial charge < -0.3 is 21.2 Å². The molecule has 1 aromatic rings. The lowest BCUT2D eigenvalue weighted by atomic mass is 10.1. The number of likely N-dealkylation sites (tertiary alicyclic amines) is 1. The number of nitrogens with zero attached hydrogens (tertiary/aromatic N) is 3. The first-order chi connectivity index (χ1) is 14.8. The molecule has 1 heterocycles. The molecule has 1 aliphatic rings. The average Bonchev–Trinajstić information content (AvgIpc) is 3.18. The van der Waals surface area contributed by atoms with E-state index in [1.165, 1.54) is 6.92 Å². The maximum atomic E-state index is 12.2. The molecule has 9 heteroatoms. The third kappa shape index (κ3) is 6.21. The van der Waals surface area contributed by atoms with Crippen LogP contribution in [0.4, 0.5) is 0 Å². The van der Waals surface area contributed by atoms with Gasteiger partial charge in [0.25, 0.3) is 5.91 Å². The molecule has 1 unspecified atom stereocenters. The molecule has 5 N–H and O–H groups in total. The zero-order valence-electron chi connectivity index (χ0n) is 17.6. The minimum Gasteiger partial charge on any atom is -0.489 e. The third-order valence-corrected chi connectivity index (χ3v) is 4.60. The summed E-state index contributed by atoms with van der Waals surface area (Å²) in [4.78, 5) is 25.5. The molecule has 0 aromatic heterocycles. The second-order valence-corrected chi connectivity index (χ2v) is 7.03. The van der Waals surface area contributed by atoms with E-state index in [0.717, 1.165) is 23.9 Å². The summed E-state index contributed by atoms with van der Waals surface area (Å²) in [6, 6.07) is 9.02. The number of nitrogens with two attached hydrogens (primary N) is 2. The molecule has 0 aliphatic carbocycles. The highest BCUT2D eigenvalue weighted by Gasteiger charge is 2.27. The fourth-order valence-electron chi connectivity index (χ4n) is 3.15. The zero-order valence-corrected chi connectivity index (χ0v) is 17.6. The van der Waals surface area contributed by atoms with E-state index in [0.29, 0.717) is 24.4 Å². The van der Waals surface area contributed by atoms with E-state index in [1.807, 2.05) is 6.92 Å². The van der Waals surface area contributed by atoms with Crippen molar-refractivity contribution in [1.29, 1.82) is 5.26 Å². The minimum atomic E-state index is -0.694. The molecule has 162 valence electrons. The predicted octanol–water partition coefficient (Wildman–Crippen LogP) is 1.29. The second-order valence-electron chi connectivity index (χ2n) is 7.03. The van der Waals surface area contributed by atoms with Crippen LogP contribution in [0.25, 0.3) is 0 Å². The van der Waals surface area contributed by atoms with Gasteiger partial charge in [-0.3, -0.25) is 14.9 Å². The van der Waals surface area contributed by atoms with Crippen LogP contribution in [0.15, 0.2) is 65.1 Å². The van der Waals surface area contributed by atoms with Gasteiger partial charge in [-0.1, -0.05) is 6.58 Å². The summed E-state index contributed by atoms with van der Waals surface area (Å²) in [5.41, 5.74) is 7.71. The van der Waals surface area contributed by atoms with Gasteiger partial charge in [0, 0.05) is 31.8 Å². The third-order valence-electron chi connectivity index (χ3n) is 4.60. The molecule has 2 rings (SSSR count). The van der Waals surface area contributed by atoms with Crippen LogP contribution in [0.3, 0.4) is 0 Å². The van der Waals surface area contributed by atoms with Crippen LogP contribution in [-0.2, 0) is 9.59 Å². The number of rotatable bonds is 7. The van der Waals surface area contributed by atoms with E-state index in [2.05, 4.69) is 28.0 Å². The molecule has 0 bridgehead atoms. The van der Waals surface area contributed by atoms with E-state index >= 15 is 0 Å². The molecule has 1 aliphatic heterocycles. The van der Waals surface area contributed by atoms with Gasteiger partial charge in [0.05, 0.1) is 29.5 Å². The van der Waals surface area contributed by atoms with Crippen molar-refractivity contribution in [3.8, 4) is 11.8 Å². The fraction of sp³-hybridized carbons (Fsp3) is 0.273. The largest absolute Gasteiger partial charge is 0.489 e. The zero-order chi connectivity index (χ0) is 23.0. The monoisotopic (exact) mass is 422 g/mol. The Bertz CT molecular complexity index is 985. The van der Waals surface area contributed by atoms with Crippen molar-refractivity contribution in [3.05, 3.63) is 65.5 Å². The molecule has 31 heavy (non-hydrogen) atoms. The Morgan fingerprint density at radius 3 is 2.55 bits per heavy atom. The summed E-state index contributed by atoms with van der Waals surface area (Å²) in [5, 5.41) is 14.7. The Kier molecular flexibility index (Phi) is 7.97. The lowest BCUT2D eigenvalue weighted by Gasteiger charge is -2.23. The quantitative estimate of drug-likeness (QED) is 0.197. The van der Waals surface area contributed by atoms with Crippen molar-refractivity contribution in [3.63, 3.8) is 0 Å². The van der Waals surface area contributed by atoms with Crippen molar-refractivity contribution >= 4 is 17.5 Å². The SMILES string of the molecule is C=C(C)\C(=C/C(=N\N)C(=C/N)/C(=O)NC(C)=O)N1CCC(Oc2ccc(C#N)cc2)C1. The first kappa shape index (κ1) is 23.2. The van der Waals surface area contributed by atoms with Gasteiger partial charge in [-0.05, 0) is 42.8 Å². The molecule has 2 amide bonds. The number of amides is 2. The first-order valence-electron chi connectivity index (χ1n) is 9.60. The number of ether oxygens (including phenoxy) is 1. The number of hydrogen-bond acceptors (Lipinski definition) is 8. The van der Waals surface area contributed by atoms with Gasteiger partial charge in [0.15, 0.2) is 0 Å². The van der Waals surface area contributed by atoms with Crippen molar-refractivity contribution in [2.75, 3.05) is 13.1 Å². The molecular weight excluding hydrogens is 396 g/mol. The van der Waals surface area contributed by atoms with Gasteiger partial charge >= 0.3 is 0 Å². The Balaban J connectivity index is 2.18. The minimum absolute atomic E-state index is 0.0268. The summed E-state index contributed by atoms with van der Waals surface area (Å²) >= 11 is 0. The number of carbonyl (C=O) groups excluding carboxylic acids is 2. The maximum absolute atomic E-state index is 12.2. The Hall–Kier alpha value is -4.06. The van der Waals surface area contributed by atoms with Crippen LogP contribution in [-0.4, -0.2) is 41.6 Å². The van der Waals surface area contributed by atoms with E-state index < -0.39 is 11.8 Å². The smallest absolute Gasteiger partial charge is 0.261 e. The van der Waals surface area contributed by atoms with Crippen LogP contribution in [0.1, 0.15) is 25.8 Å². The molecule has 1 fully saturated rings. The van der Waals surface area contributed by atoms with Crippen LogP contribution >= 0.6 is 0 Å². The predicted molar refractivity (Wildman–Crippen MR) is 117 cm³/mol. The number of nitriles is 1. The molecule has 0 saturated carbocycles. The van der Waals surface area contributed by atoms with Crippen molar-refractivity contribution in [2.24, 2.45) is 16.7 Å². The lowest BCUT2D eigenvalue weighted by Crippen LogP contribution is -2.33. The number of allylic oxidation sites excluding steroid dienone is 2. The Morgan fingerprint density at radius 1 is 1.35 bits per heavy atom. The Labute approximate surface area is 181 Å². The average molecular weight is 422 g/mol. The number of hydrazone groups is 1. The van der Waals surface area contributed by atoms with E-state index in [1.54, 1.807) is 30.3 Å². The lowest BCUT2D eigenvalue weighted by molar-refractivity contribution is -0.126. The number of imide groups is 1.